The minimum Gasteiger partial charge on any atom is -0.324 e. The Morgan fingerprint density at radius 1 is 1.18 bits per heavy atom. The lowest BCUT2D eigenvalue weighted by atomic mass is 9.86. The molecule has 2 amide bonds. The van der Waals surface area contributed by atoms with E-state index in [1.165, 1.54) is 4.90 Å². The number of hydrogen-bond donors (Lipinski definition) is 1. The van der Waals surface area contributed by atoms with Crippen LogP contribution in [0.3, 0.4) is 0 Å². The molecule has 0 aliphatic carbocycles. The number of benzene rings is 2. The summed E-state index contributed by atoms with van der Waals surface area (Å²) in [5.74, 6) is -0.206. The Balaban J connectivity index is 1.61. The van der Waals surface area contributed by atoms with E-state index in [0.717, 1.165) is 18.4 Å². The molecule has 1 atom stereocenters. The van der Waals surface area contributed by atoms with Crippen molar-refractivity contribution in [2.24, 2.45) is 5.92 Å². The summed E-state index contributed by atoms with van der Waals surface area (Å²) in [5.41, 5.74) is 1.91. The van der Waals surface area contributed by atoms with E-state index >= 15 is 0 Å². The molecule has 4 rings (SSSR count). The summed E-state index contributed by atoms with van der Waals surface area (Å²) in [7, 11) is -3.65. The van der Waals surface area contributed by atoms with Crippen molar-refractivity contribution in [1.82, 2.24) is 4.31 Å². The average Bonchev–Trinajstić information content (AvgIpc) is 2.95. The molecule has 1 saturated heterocycles. The molecular formula is C25H31N3O4S. The minimum absolute atomic E-state index is 0.140. The maximum Gasteiger partial charge on any atom is 0.244 e. The molecule has 0 saturated carbocycles. The molecular weight excluding hydrogens is 438 g/mol. The molecule has 2 aliphatic heterocycles. The highest BCUT2D eigenvalue weighted by Crippen LogP contribution is 2.43. The van der Waals surface area contributed by atoms with E-state index in [9.17, 15) is 18.0 Å². The van der Waals surface area contributed by atoms with Gasteiger partial charge in [0.1, 0.15) is 6.54 Å². The van der Waals surface area contributed by atoms with Gasteiger partial charge in [0.2, 0.25) is 21.8 Å². The summed E-state index contributed by atoms with van der Waals surface area (Å²) in [6.45, 7) is 8.38. The molecule has 1 fully saturated rings. The third kappa shape index (κ3) is 4.29. The standard InChI is InChI=1S/C25H31N3O4S/c1-17-8-7-13-27(15-17)33(31,32)19-11-12-22-20(14-19)25(3,4)24(30)28(22)16-23(29)26-21-10-6-5-9-18(21)2/h5-6,9-12,14,17H,7-8,13,15-16H2,1-4H3,(H,26,29)/t17-/m0/s1. The summed E-state index contributed by atoms with van der Waals surface area (Å²) >= 11 is 0. The van der Waals surface area contributed by atoms with Crippen LogP contribution in [0.5, 0.6) is 0 Å². The summed E-state index contributed by atoms with van der Waals surface area (Å²) in [6.07, 6.45) is 1.87. The quantitative estimate of drug-likeness (QED) is 0.724. The van der Waals surface area contributed by atoms with Crippen LogP contribution in [0, 0.1) is 12.8 Å². The molecule has 0 spiro atoms. The van der Waals surface area contributed by atoms with Crippen LogP contribution in [0.1, 0.15) is 44.7 Å². The van der Waals surface area contributed by atoms with Gasteiger partial charge in [0, 0.05) is 24.5 Å². The van der Waals surface area contributed by atoms with Crippen LogP contribution in [0.25, 0.3) is 0 Å². The van der Waals surface area contributed by atoms with Crippen LogP contribution in [0.2, 0.25) is 0 Å². The molecule has 176 valence electrons. The Hall–Kier alpha value is -2.71. The van der Waals surface area contributed by atoms with E-state index in [0.29, 0.717) is 35.9 Å². The summed E-state index contributed by atoms with van der Waals surface area (Å²) in [5, 5.41) is 2.86. The molecule has 33 heavy (non-hydrogen) atoms. The van der Waals surface area contributed by atoms with E-state index in [-0.39, 0.29) is 23.3 Å². The molecule has 1 N–H and O–H groups in total. The Morgan fingerprint density at radius 3 is 2.61 bits per heavy atom. The molecule has 8 heteroatoms. The molecule has 0 bridgehead atoms. The van der Waals surface area contributed by atoms with Crippen LogP contribution < -0.4 is 10.2 Å². The van der Waals surface area contributed by atoms with Gasteiger partial charge in [0.25, 0.3) is 0 Å². The number of para-hydroxylation sites is 1. The van der Waals surface area contributed by atoms with Crippen molar-refractivity contribution >= 4 is 33.2 Å². The molecule has 2 heterocycles. The van der Waals surface area contributed by atoms with Crippen molar-refractivity contribution in [3.63, 3.8) is 0 Å². The van der Waals surface area contributed by atoms with Gasteiger partial charge < -0.3 is 10.2 Å². The monoisotopic (exact) mass is 469 g/mol. The fourth-order valence-electron chi connectivity index (χ4n) is 4.69. The van der Waals surface area contributed by atoms with Crippen molar-refractivity contribution in [2.75, 3.05) is 29.9 Å². The number of piperidine rings is 1. The number of carbonyl (C=O) groups excluding carboxylic acids is 2. The third-order valence-electron chi connectivity index (χ3n) is 6.69. The smallest absolute Gasteiger partial charge is 0.244 e. The predicted molar refractivity (Wildman–Crippen MR) is 129 cm³/mol. The Kier molecular flexibility index (Phi) is 6.09. The molecule has 2 aromatic carbocycles. The topological polar surface area (TPSA) is 86.8 Å². The summed E-state index contributed by atoms with van der Waals surface area (Å²) in [4.78, 5) is 27.6. The van der Waals surface area contributed by atoms with Crippen LogP contribution in [0.4, 0.5) is 11.4 Å². The number of carbonyl (C=O) groups is 2. The number of hydrogen-bond acceptors (Lipinski definition) is 4. The van der Waals surface area contributed by atoms with Crippen LogP contribution in [0.15, 0.2) is 47.4 Å². The largest absolute Gasteiger partial charge is 0.324 e. The van der Waals surface area contributed by atoms with Crippen LogP contribution >= 0.6 is 0 Å². The number of nitrogens with zero attached hydrogens (tertiary/aromatic N) is 2. The highest BCUT2D eigenvalue weighted by molar-refractivity contribution is 7.89. The molecule has 2 aromatic rings. The minimum atomic E-state index is -3.65. The lowest BCUT2D eigenvalue weighted by Crippen LogP contribution is -2.40. The number of rotatable bonds is 5. The maximum absolute atomic E-state index is 13.3. The number of amides is 2. The van der Waals surface area contributed by atoms with E-state index in [1.807, 2.05) is 31.2 Å². The lowest BCUT2D eigenvalue weighted by Gasteiger charge is -2.30. The first kappa shape index (κ1) is 23.4. The Bertz CT molecular complexity index is 1210. The zero-order chi connectivity index (χ0) is 24.0. The SMILES string of the molecule is Cc1ccccc1NC(=O)CN1C(=O)C(C)(C)c2cc(S(=O)(=O)N3CCC[C@H](C)C3)ccc21. The molecule has 2 aliphatic rings. The number of anilines is 2. The second-order valence-corrected chi connectivity index (χ2v) is 11.6. The van der Waals surface area contributed by atoms with Crippen molar-refractivity contribution in [1.29, 1.82) is 0 Å². The fraction of sp³-hybridized carbons (Fsp3) is 0.440. The second-order valence-electron chi connectivity index (χ2n) is 9.67. The van der Waals surface area contributed by atoms with Crippen molar-refractivity contribution < 1.29 is 18.0 Å². The van der Waals surface area contributed by atoms with E-state index in [2.05, 4.69) is 12.2 Å². The van der Waals surface area contributed by atoms with Gasteiger partial charge >= 0.3 is 0 Å². The Labute approximate surface area is 195 Å². The zero-order valence-corrected chi connectivity index (χ0v) is 20.4. The van der Waals surface area contributed by atoms with Crippen molar-refractivity contribution in [3.05, 3.63) is 53.6 Å². The molecule has 7 nitrogen and oxygen atoms in total. The number of aryl methyl sites for hydroxylation is 1. The first-order valence-corrected chi connectivity index (χ1v) is 12.8. The highest BCUT2D eigenvalue weighted by atomic mass is 32.2. The summed E-state index contributed by atoms with van der Waals surface area (Å²) in [6, 6.07) is 12.3. The fourth-order valence-corrected chi connectivity index (χ4v) is 6.32. The Morgan fingerprint density at radius 2 is 1.91 bits per heavy atom. The van der Waals surface area contributed by atoms with Gasteiger partial charge in [0.05, 0.1) is 10.3 Å². The van der Waals surface area contributed by atoms with E-state index in [1.54, 1.807) is 36.4 Å². The number of sulfonamides is 1. The van der Waals surface area contributed by atoms with Crippen molar-refractivity contribution in [3.8, 4) is 0 Å². The highest BCUT2D eigenvalue weighted by Gasteiger charge is 2.45. The average molecular weight is 470 g/mol. The molecule has 0 radical (unpaired) electrons. The van der Waals surface area contributed by atoms with E-state index in [4.69, 9.17) is 0 Å². The summed E-state index contributed by atoms with van der Waals surface area (Å²) < 4.78 is 28.1. The van der Waals surface area contributed by atoms with E-state index < -0.39 is 15.4 Å². The van der Waals surface area contributed by atoms with Gasteiger partial charge in [-0.3, -0.25) is 9.59 Å². The molecule has 0 unspecified atom stereocenters. The van der Waals surface area contributed by atoms with Gasteiger partial charge in [-0.2, -0.15) is 4.31 Å². The lowest BCUT2D eigenvalue weighted by molar-refractivity contribution is -0.124. The number of nitrogens with one attached hydrogen (secondary N) is 1. The van der Waals surface area contributed by atoms with Gasteiger partial charge in [0.15, 0.2) is 0 Å². The van der Waals surface area contributed by atoms with Gasteiger partial charge in [-0.25, -0.2) is 8.42 Å². The molecule has 0 aromatic heterocycles. The number of fused-ring (bicyclic) bond motifs is 1. The zero-order valence-electron chi connectivity index (χ0n) is 19.6. The van der Waals surface area contributed by atoms with Crippen molar-refractivity contribution in [2.45, 2.75) is 50.8 Å². The first-order chi connectivity index (χ1) is 15.5. The van der Waals surface area contributed by atoms with Crippen LogP contribution in [-0.4, -0.2) is 44.2 Å². The van der Waals surface area contributed by atoms with Crippen LogP contribution in [-0.2, 0) is 25.0 Å². The third-order valence-corrected chi connectivity index (χ3v) is 8.55. The van der Waals surface area contributed by atoms with Gasteiger partial charge in [-0.15, -0.1) is 0 Å². The van der Waals surface area contributed by atoms with Gasteiger partial charge in [-0.05, 0) is 74.9 Å². The normalized spacial score (nSPS) is 20.5. The predicted octanol–water partition coefficient (Wildman–Crippen LogP) is 3.68. The first-order valence-electron chi connectivity index (χ1n) is 11.3. The maximum atomic E-state index is 13.3. The van der Waals surface area contributed by atoms with Gasteiger partial charge in [-0.1, -0.05) is 25.1 Å². The second kappa shape index (κ2) is 8.57.